The molecule has 2 aromatic carbocycles. The van der Waals surface area contributed by atoms with Gasteiger partial charge in [0.1, 0.15) is 12.4 Å². The summed E-state index contributed by atoms with van der Waals surface area (Å²) in [6.45, 7) is 8.71. The number of nitrogens with zero attached hydrogens (tertiary/aromatic N) is 2. The Hall–Kier alpha value is -2.60. The summed E-state index contributed by atoms with van der Waals surface area (Å²) in [5.41, 5.74) is 12.3. The summed E-state index contributed by atoms with van der Waals surface area (Å²) in [4.78, 5) is 2.27. The van der Waals surface area contributed by atoms with Crippen LogP contribution in [0.2, 0.25) is 0 Å². The summed E-state index contributed by atoms with van der Waals surface area (Å²) < 4.78 is 6.11. The molecule has 0 heterocycles. The van der Waals surface area contributed by atoms with E-state index in [1.807, 2.05) is 18.2 Å². The molecule has 2 aromatic rings. The summed E-state index contributed by atoms with van der Waals surface area (Å²) in [5.74, 6) is 0.768. The minimum absolute atomic E-state index is 0.128. The third-order valence-electron chi connectivity index (χ3n) is 3.98. The van der Waals surface area contributed by atoms with Gasteiger partial charge < -0.3 is 15.4 Å². The van der Waals surface area contributed by atoms with Crippen molar-refractivity contribution in [1.29, 1.82) is 0 Å². The molecule has 0 amide bonds. The van der Waals surface area contributed by atoms with Gasteiger partial charge >= 0.3 is 0 Å². The van der Waals surface area contributed by atoms with Crippen LogP contribution in [0, 0.1) is 6.92 Å². The first-order valence-electron chi connectivity index (χ1n) is 8.69. The van der Waals surface area contributed by atoms with Crippen LogP contribution in [0.1, 0.15) is 30.5 Å². The number of aryl methyl sites for hydroxylation is 1. The Morgan fingerprint density at radius 1 is 1.23 bits per heavy atom. The van der Waals surface area contributed by atoms with Gasteiger partial charge in [0.2, 0.25) is 0 Å². The highest BCUT2D eigenvalue weighted by Crippen LogP contribution is 2.26. The molecule has 0 unspecified atom stereocenters. The molecule has 0 aromatic heterocycles. The van der Waals surface area contributed by atoms with Crippen LogP contribution in [0.4, 0.5) is 5.69 Å². The molecule has 6 heteroatoms. The van der Waals surface area contributed by atoms with Gasteiger partial charge in [-0.05, 0) is 50.7 Å². The normalized spacial score (nSPS) is 10.7. The molecular weight excluding hydrogens is 344 g/mol. The van der Waals surface area contributed by atoms with Gasteiger partial charge in [0.25, 0.3) is 0 Å². The molecule has 138 valence electrons. The Morgan fingerprint density at radius 3 is 2.65 bits per heavy atom. The minimum Gasteiger partial charge on any atom is -0.488 e. The lowest BCUT2D eigenvalue weighted by molar-refractivity contribution is 0.306. The van der Waals surface area contributed by atoms with Crippen molar-refractivity contribution in [2.75, 3.05) is 18.0 Å². The Labute approximate surface area is 160 Å². The number of nitrogens with one attached hydrogen (secondary N) is 1. The largest absolute Gasteiger partial charge is 0.488 e. The highest BCUT2D eigenvalue weighted by Gasteiger charge is 2.08. The van der Waals surface area contributed by atoms with Crippen molar-refractivity contribution in [1.82, 2.24) is 5.43 Å². The molecule has 0 aliphatic rings. The van der Waals surface area contributed by atoms with Gasteiger partial charge in [0, 0.05) is 30.4 Å². The second kappa shape index (κ2) is 9.77. The van der Waals surface area contributed by atoms with Gasteiger partial charge in [-0.1, -0.05) is 29.8 Å². The van der Waals surface area contributed by atoms with E-state index in [0.717, 1.165) is 35.7 Å². The van der Waals surface area contributed by atoms with E-state index in [9.17, 15) is 0 Å². The standard InChI is InChI=1S/C20H26N4OS/c1-4-24(5-2)18-10-9-17(13-22-23-20(21)26)19(12-18)25-14-16-8-6-7-15(3)11-16/h6-13H,4-5,14H2,1-3H3,(H3,21,23,26)/b22-13+. The van der Waals surface area contributed by atoms with E-state index in [2.05, 4.69) is 60.5 Å². The molecular formula is C20H26N4OS. The number of rotatable bonds is 8. The summed E-state index contributed by atoms with van der Waals surface area (Å²) in [6, 6.07) is 14.4. The number of hydrogen-bond acceptors (Lipinski definition) is 4. The van der Waals surface area contributed by atoms with Gasteiger partial charge in [-0.2, -0.15) is 5.10 Å². The minimum atomic E-state index is 0.128. The maximum Gasteiger partial charge on any atom is 0.184 e. The van der Waals surface area contributed by atoms with E-state index < -0.39 is 0 Å². The van der Waals surface area contributed by atoms with Crippen LogP contribution in [0.15, 0.2) is 47.6 Å². The summed E-state index contributed by atoms with van der Waals surface area (Å²) >= 11 is 4.77. The van der Waals surface area contributed by atoms with Crippen molar-refractivity contribution in [3.63, 3.8) is 0 Å². The fourth-order valence-electron chi connectivity index (χ4n) is 2.67. The van der Waals surface area contributed by atoms with Crippen molar-refractivity contribution < 1.29 is 4.74 Å². The second-order valence-corrected chi connectivity index (χ2v) is 6.35. The highest BCUT2D eigenvalue weighted by molar-refractivity contribution is 7.80. The lowest BCUT2D eigenvalue weighted by atomic mass is 10.1. The first kappa shape index (κ1) is 19.7. The van der Waals surface area contributed by atoms with E-state index in [0.29, 0.717) is 6.61 Å². The van der Waals surface area contributed by atoms with Crippen molar-refractivity contribution in [2.45, 2.75) is 27.4 Å². The lowest BCUT2D eigenvalue weighted by Gasteiger charge is -2.22. The Morgan fingerprint density at radius 2 is 2.00 bits per heavy atom. The Bertz CT molecular complexity index is 772. The molecule has 0 saturated heterocycles. The number of nitrogens with two attached hydrogens (primary N) is 1. The molecule has 0 atom stereocenters. The lowest BCUT2D eigenvalue weighted by Crippen LogP contribution is -2.24. The first-order valence-corrected chi connectivity index (χ1v) is 9.10. The van der Waals surface area contributed by atoms with Crippen molar-refractivity contribution in [3.05, 3.63) is 59.2 Å². The zero-order valence-electron chi connectivity index (χ0n) is 15.5. The average Bonchev–Trinajstić information content (AvgIpc) is 2.62. The quantitative estimate of drug-likeness (QED) is 0.422. The molecule has 0 aliphatic heterocycles. The molecule has 0 aliphatic carbocycles. The van der Waals surface area contributed by atoms with E-state index in [1.54, 1.807) is 6.21 Å². The second-order valence-electron chi connectivity index (χ2n) is 5.91. The van der Waals surface area contributed by atoms with Gasteiger partial charge in [-0.15, -0.1) is 0 Å². The SMILES string of the molecule is CCN(CC)c1ccc(/C=N/NC(N)=S)c(OCc2cccc(C)c2)c1. The molecule has 2 rings (SSSR count). The monoisotopic (exact) mass is 370 g/mol. The predicted molar refractivity (Wildman–Crippen MR) is 113 cm³/mol. The predicted octanol–water partition coefficient (Wildman–Crippen LogP) is 3.59. The Balaban J connectivity index is 2.26. The third kappa shape index (κ3) is 5.74. The van der Waals surface area contributed by atoms with Gasteiger partial charge in [-0.25, -0.2) is 0 Å². The number of hydrogen-bond donors (Lipinski definition) is 2. The number of hydrazone groups is 1. The molecule has 5 nitrogen and oxygen atoms in total. The van der Waals surface area contributed by atoms with Crippen LogP contribution < -0.4 is 20.8 Å². The zero-order valence-corrected chi connectivity index (χ0v) is 16.3. The fourth-order valence-corrected chi connectivity index (χ4v) is 2.72. The fraction of sp³-hybridized carbons (Fsp3) is 0.300. The molecule has 0 radical (unpaired) electrons. The maximum atomic E-state index is 6.11. The number of ether oxygens (including phenoxy) is 1. The van der Waals surface area contributed by atoms with Crippen LogP contribution in [0.5, 0.6) is 5.75 Å². The molecule has 0 spiro atoms. The van der Waals surface area contributed by atoms with Crippen LogP contribution in [-0.2, 0) is 6.61 Å². The Kier molecular flexibility index (Phi) is 7.41. The van der Waals surface area contributed by atoms with Crippen LogP contribution in [0.25, 0.3) is 0 Å². The maximum absolute atomic E-state index is 6.11. The molecule has 0 saturated carbocycles. The van der Waals surface area contributed by atoms with Gasteiger partial charge in [0.05, 0.1) is 6.21 Å². The molecule has 3 N–H and O–H groups in total. The van der Waals surface area contributed by atoms with E-state index >= 15 is 0 Å². The summed E-state index contributed by atoms with van der Waals surface area (Å²) in [5, 5.41) is 4.18. The van der Waals surface area contributed by atoms with Gasteiger partial charge in [0.15, 0.2) is 5.11 Å². The van der Waals surface area contributed by atoms with E-state index in [-0.39, 0.29) is 5.11 Å². The van der Waals surface area contributed by atoms with Crippen molar-refractivity contribution >= 4 is 29.2 Å². The highest BCUT2D eigenvalue weighted by atomic mass is 32.1. The topological polar surface area (TPSA) is 62.9 Å². The summed E-state index contributed by atoms with van der Waals surface area (Å²) in [6.07, 6.45) is 1.66. The number of benzene rings is 2. The molecule has 26 heavy (non-hydrogen) atoms. The smallest absolute Gasteiger partial charge is 0.184 e. The van der Waals surface area contributed by atoms with Crippen LogP contribution >= 0.6 is 12.2 Å². The summed E-state index contributed by atoms with van der Waals surface area (Å²) in [7, 11) is 0. The van der Waals surface area contributed by atoms with Gasteiger partial charge in [-0.3, -0.25) is 5.43 Å². The van der Waals surface area contributed by atoms with E-state index in [4.69, 9.17) is 22.7 Å². The number of anilines is 1. The van der Waals surface area contributed by atoms with E-state index in [1.165, 1.54) is 5.56 Å². The van der Waals surface area contributed by atoms with Crippen molar-refractivity contribution in [2.24, 2.45) is 10.8 Å². The van der Waals surface area contributed by atoms with Crippen LogP contribution in [0.3, 0.4) is 0 Å². The molecule has 0 bridgehead atoms. The third-order valence-corrected chi connectivity index (χ3v) is 4.07. The van der Waals surface area contributed by atoms with Crippen LogP contribution in [-0.4, -0.2) is 24.4 Å². The average molecular weight is 371 g/mol. The number of thiocarbonyl (C=S) groups is 1. The molecule has 0 fully saturated rings. The zero-order chi connectivity index (χ0) is 18.9. The first-order chi connectivity index (χ1) is 12.5. The van der Waals surface area contributed by atoms with Crippen molar-refractivity contribution in [3.8, 4) is 5.75 Å².